The quantitative estimate of drug-likeness (QED) is 0.905. The van der Waals surface area contributed by atoms with Crippen molar-refractivity contribution in [1.29, 1.82) is 0 Å². The van der Waals surface area contributed by atoms with Crippen LogP contribution in [-0.2, 0) is 11.0 Å². The zero-order valence-corrected chi connectivity index (χ0v) is 12.6. The van der Waals surface area contributed by atoms with Crippen LogP contribution in [0.15, 0.2) is 48.5 Å². The molecule has 1 N–H and O–H groups in total. The molecule has 2 aromatic carbocycles. The molecule has 0 saturated heterocycles. The summed E-state index contributed by atoms with van der Waals surface area (Å²) in [6.45, 7) is 1.66. The molecule has 1 amide bonds. The highest BCUT2D eigenvalue weighted by atomic mass is 19.4. The second-order valence-electron chi connectivity index (χ2n) is 5.38. The maximum Gasteiger partial charge on any atom is 0.416 e. The lowest BCUT2D eigenvalue weighted by Crippen LogP contribution is -2.46. The maximum absolute atomic E-state index is 12.7. The normalized spacial score (nSPS) is 19.7. The van der Waals surface area contributed by atoms with Gasteiger partial charge < -0.3 is 14.8 Å². The van der Waals surface area contributed by atoms with Crippen molar-refractivity contribution in [3.8, 4) is 11.5 Å². The Bertz CT molecular complexity index is 761. The molecule has 2 atom stereocenters. The van der Waals surface area contributed by atoms with E-state index in [0.717, 1.165) is 12.1 Å². The van der Waals surface area contributed by atoms with E-state index in [0.29, 0.717) is 11.5 Å². The van der Waals surface area contributed by atoms with E-state index in [1.807, 2.05) is 0 Å². The van der Waals surface area contributed by atoms with Crippen molar-refractivity contribution in [3.05, 3.63) is 54.1 Å². The molecule has 1 aliphatic rings. The number of anilines is 1. The molecule has 0 unspecified atom stereocenters. The Morgan fingerprint density at radius 2 is 1.71 bits per heavy atom. The molecule has 4 nitrogen and oxygen atoms in total. The number of carbonyl (C=O) groups is 1. The number of para-hydroxylation sites is 2. The van der Waals surface area contributed by atoms with Crippen LogP contribution in [0, 0.1) is 0 Å². The van der Waals surface area contributed by atoms with E-state index < -0.39 is 29.9 Å². The van der Waals surface area contributed by atoms with Gasteiger partial charge in [-0.2, -0.15) is 13.2 Å². The molecule has 0 fully saturated rings. The molecule has 3 rings (SSSR count). The minimum absolute atomic E-state index is 0.0458. The van der Waals surface area contributed by atoms with Crippen LogP contribution in [0.25, 0.3) is 0 Å². The molecule has 0 saturated carbocycles. The number of nitrogens with one attached hydrogen (secondary N) is 1. The number of amides is 1. The van der Waals surface area contributed by atoms with Crippen LogP contribution in [0.5, 0.6) is 11.5 Å². The van der Waals surface area contributed by atoms with E-state index in [1.54, 1.807) is 31.2 Å². The monoisotopic (exact) mass is 337 g/mol. The number of halogens is 3. The summed E-state index contributed by atoms with van der Waals surface area (Å²) in [5, 5.41) is 2.44. The largest absolute Gasteiger partial charge is 0.482 e. The van der Waals surface area contributed by atoms with Crippen LogP contribution in [0.3, 0.4) is 0 Å². The fourth-order valence-electron chi connectivity index (χ4n) is 2.39. The summed E-state index contributed by atoms with van der Waals surface area (Å²) >= 11 is 0. The molecule has 2 aromatic rings. The van der Waals surface area contributed by atoms with Crippen molar-refractivity contribution in [2.45, 2.75) is 25.3 Å². The molecule has 0 aliphatic carbocycles. The third kappa shape index (κ3) is 3.29. The smallest absolute Gasteiger partial charge is 0.416 e. The van der Waals surface area contributed by atoms with Crippen LogP contribution in [0.1, 0.15) is 12.5 Å². The Kier molecular flexibility index (Phi) is 4.09. The van der Waals surface area contributed by atoms with Gasteiger partial charge in [-0.25, -0.2) is 0 Å². The standard InChI is InChI=1S/C17H14F3NO3/c1-10-15(24-14-8-3-2-7-13(14)23-10)16(22)21-12-6-4-5-11(9-12)17(18,19)20/h2-10,15H,1H3,(H,21,22)/t10-,15-/m0/s1. The zero-order chi connectivity index (χ0) is 17.3. The van der Waals surface area contributed by atoms with Crippen molar-refractivity contribution in [3.63, 3.8) is 0 Å². The Morgan fingerprint density at radius 3 is 2.38 bits per heavy atom. The van der Waals surface area contributed by atoms with Crippen molar-refractivity contribution >= 4 is 11.6 Å². The summed E-state index contributed by atoms with van der Waals surface area (Å²) in [7, 11) is 0. The van der Waals surface area contributed by atoms with Crippen molar-refractivity contribution in [2.75, 3.05) is 5.32 Å². The van der Waals surface area contributed by atoms with E-state index in [1.165, 1.54) is 12.1 Å². The van der Waals surface area contributed by atoms with Gasteiger partial charge in [-0.3, -0.25) is 4.79 Å². The van der Waals surface area contributed by atoms with Crippen molar-refractivity contribution in [2.24, 2.45) is 0 Å². The summed E-state index contributed by atoms with van der Waals surface area (Å²) in [5.74, 6) is 0.365. The molecule has 1 heterocycles. The first kappa shape index (κ1) is 16.2. The van der Waals surface area contributed by atoms with Gasteiger partial charge in [-0.15, -0.1) is 0 Å². The minimum Gasteiger partial charge on any atom is -0.482 e. The Morgan fingerprint density at radius 1 is 1.04 bits per heavy atom. The van der Waals surface area contributed by atoms with Crippen LogP contribution in [0.2, 0.25) is 0 Å². The highest BCUT2D eigenvalue weighted by molar-refractivity contribution is 5.95. The number of alkyl halides is 3. The molecule has 24 heavy (non-hydrogen) atoms. The van der Waals surface area contributed by atoms with E-state index in [-0.39, 0.29) is 5.69 Å². The lowest BCUT2D eigenvalue weighted by Gasteiger charge is -2.31. The van der Waals surface area contributed by atoms with Gasteiger partial charge in [0.1, 0.15) is 6.10 Å². The Hall–Kier alpha value is -2.70. The van der Waals surface area contributed by atoms with Gasteiger partial charge in [0.25, 0.3) is 5.91 Å². The third-order valence-corrected chi connectivity index (χ3v) is 3.56. The Labute approximate surface area is 136 Å². The predicted molar refractivity (Wildman–Crippen MR) is 81.0 cm³/mol. The number of rotatable bonds is 2. The van der Waals surface area contributed by atoms with Gasteiger partial charge in [-0.05, 0) is 37.3 Å². The fraction of sp³-hybridized carbons (Fsp3) is 0.235. The van der Waals surface area contributed by atoms with Crippen molar-refractivity contribution < 1.29 is 27.4 Å². The first-order valence-corrected chi connectivity index (χ1v) is 7.25. The maximum atomic E-state index is 12.7. The second kappa shape index (κ2) is 6.07. The lowest BCUT2D eigenvalue weighted by molar-refractivity contribution is -0.137. The first-order valence-electron chi connectivity index (χ1n) is 7.25. The average Bonchev–Trinajstić information content (AvgIpc) is 2.53. The average molecular weight is 337 g/mol. The molecule has 0 aromatic heterocycles. The Balaban J connectivity index is 1.76. The van der Waals surface area contributed by atoms with E-state index in [4.69, 9.17) is 9.47 Å². The van der Waals surface area contributed by atoms with Gasteiger partial charge in [-0.1, -0.05) is 18.2 Å². The summed E-state index contributed by atoms with van der Waals surface area (Å²) < 4.78 is 49.4. The third-order valence-electron chi connectivity index (χ3n) is 3.56. The highest BCUT2D eigenvalue weighted by Crippen LogP contribution is 2.34. The van der Waals surface area contributed by atoms with Crippen molar-refractivity contribution in [1.82, 2.24) is 0 Å². The number of carbonyl (C=O) groups excluding carboxylic acids is 1. The number of ether oxygens (including phenoxy) is 2. The molecular weight excluding hydrogens is 323 g/mol. The predicted octanol–water partition coefficient (Wildman–Crippen LogP) is 3.87. The number of hydrogen-bond donors (Lipinski definition) is 1. The van der Waals surface area contributed by atoms with Crippen LogP contribution in [0.4, 0.5) is 18.9 Å². The molecule has 126 valence electrons. The van der Waals surface area contributed by atoms with Crippen LogP contribution in [-0.4, -0.2) is 18.1 Å². The van der Waals surface area contributed by atoms with Gasteiger partial charge in [0, 0.05) is 5.69 Å². The molecular formula is C17H14F3NO3. The van der Waals surface area contributed by atoms with Gasteiger partial charge >= 0.3 is 6.18 Å². The lowest BCUT2D eigenvalue weighted by atomic mass is 10.1. The SMILES string of the molecule is C[C@@H]1Oc2ccccc2O[C@@H]1C(=O)Nc1cccc(C(F)(F)F)c1. The highest BCUT2D eigenvalue weighted by Gasteiger charge is 2.35. The number of benzene rings is 2. The molecule has 0 bridgehead atoms. The summed E-state index contributed by atoms with van der Waals surface area (Å²) in [6, 6.07) is 11.3. The fourth-order valence-corrected chi connectivity index (χ4v) is 2.39. The summed E-state index contributed by atoms with van der Waals surface area (Å²) in [6.07, 6.45) is -6.02. The van der Waals surface area contributed by atoms with Crippen LogP contribution >= 0.6 is 0 Å². The summed E-state index contributed by atoms with van der Waals surface area (Å²) in [4.78, 5) is 12.4. The molecule has 1 aliphatic heterocycles. The first-order chi connectivity index (χ1) is 11.3. The van der Waals surface area contributed by atoms with E-state index in [9.17, 15) is 18.0 Å². The minimum atomic E-state index is -4.47. The number of fused-ring (bicyclic) bond motifs is 1. The van der Waals surface area contributed by atoms with E-state index >= 15 is 0 Å². The summed E-state index contributed by atoms with van der Waals surface area (Å²) in [5.41, 5.74) is -0.788. The molecule has 7 heteroatoms. The number of hydrogen-bond acceptors (Lipinski definition) is 3. The molecule has 0 spiro atoms. The topological polar surface area (TPSA) is 47.6 Å². The second-order valence-corrected chi connectivity index (χ2v) is 5.38. The van der Waals surface area contributed by atoms with Gasteiger partial charge in [0.05, 0.1) is 5.56 Å². The van der Waals surface area contributed by atoms with Gasteiger partial charge in [0.15, 0.2) is 11.5 Å². The van der Waals surface area contributed by atoms with Crippen LogP contribution < -0.4 is 14.8 Å². The van der Waals surface area contributed by atoms with Gasteiger partial charge in [0.2, 0.25) is 6.10 Å². The zero-order valence-electron chi connectivity index (χ0n) is 12.6. The van der Waals surface area contributed by atoms with E-state index in [2.05, 4.69) is 5.32 Å². The molecule has 0 radical (unpaired) electrons.